The minimum Gasteiger partial charge on any atom is -0.387 e. The van der Waals surface area contributed by atoms with Crippen LogP contribution in [0.4, 0.5) is 0 Å². The van der Waals surface area contributed by atoms with Gasteiger partial charge in [-0.2, -0.15) is 4.31 Å². The Balaban J connectivity index is 1.69. The minimum atomic E-state index is -5.07. The van der Waals surface area contributed by atoms with Crippen LogP contribution < -0.4 is 5.56 Å². The molecule has 2 aromatic heterocycles. The highest BCUT2D eigenvalue weighted by molar-refractivity contribution is 7.61. The fourth-order valence-corrected chi connectivity index (χ4v) is 5.41. The zero-order chi connectivity index (χ0) is 22.4. The summed E-state index contributed by atoms with van der Waals surface area (Å²) in [5.41, 5.74) is -0.324. The molecule has 1 fully saturated rings. The van der Waals surface area contributed by atoms with Gasteiger partial charge in [0.2, 0.25) is 0 Å². The maximum absolute atomic E-state index is 12.7. The Bertz CT molecular complexity index is 1120. The molecule has 2 unspecified atom stereocenters. The number of hydrogen-bond acceptors (Lipinski definition) is 11. The first kappa shape index (κ1) is 22.7. The van der Waals surface area contributed by atoms with Crippen molar-refractivity contribution in [2.45, 2.75) is 43.9 Å². The molecule has 31 heavy (non-hydrogen) atoms. The number of hydrogen-bond donors (Lipinski definition) is 4. The SMILES string of the molecule is O=c1c2ncn3c2ncn1CCCCOP(=O)(O)OP(=O)(O)OC[C@H]1O[C@@H]3[C@H](O)[C@@H]1O. The number of phosphoric acid groups is 2. The van der Waals surface area contributed by atoms with Crippen LogP contribution in [-0.4, -0.2) is 70.6 Å². The summed E-state index contributed by atoms with van der Waals surface area (Å²) in [5.74, 6) is 0. The normalized spacial score (nSPS) is 37.8. The standard InChI is InChI=1S/C14H20N4O11P2/c19-10-8-5-27-31(24,25)29-30(22,23)26-4-2-1-3-17-6-16-12-9(13(17)21)15-7-18(12)14(28-8)11(10)20/h6-8,10-11,14,19-20H,1-5H2,(H,22,23)(H,24,25)/t8-,10-,11-,14-/m1/s1. The molecule has 0 saturated carbocycles. The van der Waals surface area contributed by atoms with Crippen LogP contribution in [0.5, 0.6) is 0 Å². The van der Waals surface area contributed by atoms with Crippen LogP contribution in [0, 0.1) is 0 Å². The van der Waals surface area contributed by atoms with E-state index in [0.29, 0.717) is 6.42 Å². The molecule has 1 saturated heterocycles. The number of imidazole rings is 1. The smallest absolute Gasteiger partial charge is 0.387 e. The summed E-state index contributed by atoms with van der Waals surface area (Å²) < 4.78 is 45.4. The number of aliphatic hydroxyl groups excluding tert-OH is 2. The van der Waals surface area contributed by atoms with E-state index in [4.69, 9.17) is 4.74 Å². The predicted octanol–water partition coefficient (Wildman–Crippen LogP) is -0.743. The molecule has 2 aromatic rings. The van der Waals surface area contributed by atoms with Gasteiger partial charge in [0.15, 0.2) is 17.4 Å². The zero-order valence-corrected chi connectivity index (χ0v) is 17.6. The maximum atomic E-state index is 12.7. The van der Waals surface area contributed by atoms with E-state index in [9.17, 15) is 33.9 Å². The van der Waals surface area contributed by atoms with Crippen LogP contribution in [-0.2, 0) is 33.8 Å². The van der Waals surface area contributed by atoms with Gasteiger partial charge in [-0.25, -0.2) is 19.1 Å². The van der Waals surface area contributed by atoms with Crippen LogP contribution in [0.1, 0.15) is 19.1 Å². The lowest BCUT2D eigenvalue weighted by Gasteiger charge is -2.19. The van der Waals surface area contributed by atoms with Crippen molar-refractivity contribution < 1.29 is 47.2 Å². The van der Waals surface area contributed by atoms with Crippen LogP contribution >= 0.6 is 15.6 Å². The third-order valence-electron chi connectivity index (χ3n) is 4.82. The Labute approximate surface area is 174 Å². The van der Waals surface area contributed by atoms with Crippen LogP contribution in [0.3, 0.4) is 0 Å². The molecule has 0 aliphatic carbocycles. The first-order chi connectivity index (χ1) is 14.6. The number of aliphatic hydroxyl groups is 2. The summed E-state index contributed by atoms with van der Waals surface area (Å²) in [6.45, 7) is -0.875. The van der Waals surface area contributed by atoms with E-state index in [1.165, 1.54) is 21.8 Å². The quantitative estimate of drug-likeness (QED) is 0.342. The van der Waals surface area contributed by atoms with Gasteiger partial charge in [0.05, 0.1) is 19.5 Å². The predicted molar refractivity (Wildman–Crippen MR) is 99.6 cm³/mol. The molecular formula is C14H20N4O11P2. The average molecular weight is 482 g/mol. The lowest BCUT2D eigenvalue weighted by molar-refractivity contribution is -0.0504. The molecule has 0 amide bonds. The second-order valence-electron chi connectivity index (χ2n) is 6.97. The number of phosphoric ester groups is 2. The monoisotopic (exact) mass is 482 g/mol. The van der Waals surface area contributed by atoms with Crippen molar-refractivity contribution in [1.82, 2.24) is 19.1 Å². The van der Waals surface area contributed by atoms with Crippen molar-refractivity contribution >= 4 is 26.8 Å². The average Bonchev–Trinajstić information content (AvgIpc) is 3.22. The number of rotatable bonds is 0. The highest BCUT2D eigenvalue weighted by Gasteiger charge is 2.46. The second-order valence-corrected chi connectivity index (χ2v) is 10.0. The van der Waals surface area contributed by atoms with Crippen molar-refractivity contribution in [3.8, 4) is 0 Å². The Morgan fingerprint density at radius 1 is 1.03 bits per heavy atom. The lowest BCUT2D eigenvalue weighted by atomic mass is 10.1. The summed E-state index contributed by atoms with van der Waals surface area (Å²) in [6.07, 6.45) is -2.57. The van der Waals surface area contributed by atoms with Crippen LogP contribution in [0.25, 0.3) is 11.2 Å². The molecule has 3 aliphatic heterocycles. The van der Waals surface area contributed by atoms with Gasteiger partial charge >= 0.3 is 15.6 Å². The van der Waals surface area contributed by atoms with Gasteiger partial charge in [0.25, 0.3) is 5.56 Å². The molecular weight excluding hydrogens is 462 g/mol. The first-order valence-electron chi connectivity index (χ1n) is 9.17. The molecule has 172 valence electrons. The van der Waals surface area contributed by atoms with Gasteiger partial charge in [0, 0.05) is 6.54 Å². The summed E-state index contributed by atoms with van der Waals surface area (Å²) in [7, 11) is -10.0. The molecule has 15 nitrogen and oxygen atoms in total. The molecule has 6 atom stereocenters. The highest BCUT2D eigenvalue weighted by atomic mass is 31.3. The van der Waals surface area contributed by atoms with E-state index < -0.39 is 52.4 Å². The Kier molecular flexibility index (Phi) is 6.18. The maximum Gasteiger partial charge on any atom is 0.481 e. The van der Waals surface area contributed by atoms with Crippen LogP contribution in [0.15, 0.2) is 17.4 Å². The second kappa shape index (κ2) is 8.45. The third kappa shape index (κ3) is 4.66. The largest absolute Gasteiger partial charge is 0.481 e. The van der Waals surface area contributed by atoms with E-state index in [1.54, 1.807) is 0 Å². The van der Waals surface area contributed by atoms with Gasteiger partial charge in [0.1, 0.15) is 24.6 Å². The van der Waals surface area contributed by atoms with Gasteiger partial charge in [-0.15, -0.1) is 0 Å². The highest BCUT2D eigenvalue weighted by Crippen LogP contribution is 2.60. The summed E-state index contributed by atoms with van der Waals surface area (Å²) in [5, 5.41) is 20.6. The number of aryl methyl sites for hydroxylation is 1. The van der Waals surface area contributed by atoms with Crippen molar-refractivity contribution in [1.29, 1.82) is 0 Å². The van der Waals surface area contributed by atoms with E-state index in [-0.39, 0.29) is 30.7 Å². The molecule has 3 aliphatic rings. The number of ether oxygens (including phenoxy) is 1. The van der Waals surface area contributed by atoms with Crippen molar-refractivity contribution in [3.63, 3.8) is 0 Å². The zero-order valence-electron chi connectivity index (χ0n) is 15.8. The number of nitrogens with zero attached hydrogens (tertiary/aromatic N) is 4. The molecule has 4 N–H and O–H groups in total. The van der Waals surface area contributed by atoms with E-state index in [1.807, 2.05) is 0 Å². The molecule has 17 heteroatoms. The topological polar surface area (TPSA) is 205 Å². The van der Waals surface area contributed by atoms with Gasteiger partial charge < -0.3 is 24.7 Å². The lowest BCUT2D eigenvalue weighted by Crippen LogP contribution is -2.33. The molecule has 5 heterocycles. The van der Waals surface area contributed by atoms with Gasteiger partial charge in [-0.1, -0.05) is 0 Å². The van der Waals surface area contributed by atoms with E-state index in [2.05, 4.69) is 23.3 Å². The summed E-state index contributed by atoms with van der Waals surface area (Å²) in [4.78, 5) is 40.2. The minimum absolute atomic E-state index is 0.0120. The van der Waals surface area contributed by atoms with Crippen molar-refractivity contribution in [3.05, 3.63) is 23.0 Å². The van der Waals surface area contributed by atoms with Gasteiger partial charge in [-0.05, 0) is 12.8 Å². The Hall–Kier alpha value is -1.51. The fourth-order valence-electron chi connectivity index (χ4n) is 3.30. The fraction of sp³-hybridized carbons (Fsp3) is 0.643. The third-order valence-corrected chi connectivity index (χ3v) is 7.45. The van der Waals surface area contributed by atoms with E-state index >= 15 is 0 Å². The number of aromatic nitrogens is 4. The Morgan fingerprint density at radius 2 is 1.77 bits per heavy atom. The Morgan fingerprint density at radius 3 is 2.55 bits per heavy atom. The number of fused-ring (bicyclic) bond motifs is 10. The van der Waals surface area contributed by atoms with Crippen LogP contribution in [0.2, 0.25) is 0 Å². The van der Waals surface area contributed by atoms with Crippen molar-refractivity contribution in [2.75, 3.05) is 13.2 Å². The molecule has 0 aromatic carbocycles. The first-order valence-corrected chi connectivity index (χ1v) is 12.2. The summed E-state index contributed by atoms with van der Waals surface area (Å²) in [6, 6.07) is 0. The summed E-state index contributed by atoms with van der Waals surface area (Å²) >= 11 is 0. The van der Waals surface area contributed by atoms with Crippen molar-refractivity contribution in [2.24, 2.45) is 0 Å². The van der Waals surface area contributed by atoms with Gasteiger partial charge in [-0.3, -0.25) is 23.0 Å². The molecule has 0 radical (unpaired) electrons. The van der Waals surface area contributed by atoms with E-state index in [0.717, 1.165) is 0 Å². The molecule has 0 spiro atoms. The molecule has 6 bridgehead atoms. The molecule has 5 rings (SSSR count).